The fourth-order valence-electron chi connectivity index (χ4n) is 1.73. The van der Waals surface area contributed by atoms with Crippen molar-refractivity contribution in [3.8, 4) is 0 Å². The highest BCUT2D eigenvalue weighted by molar-refractivity contribution is 5.45. The van der Waals surface area contributed by atoms with Gasteiger partial charge in [0, 0.05) is 25.4 Å². The molecule has 0 atom stereocenters. The fourth-order valence-corrected chi connectivity index (χ4v) is 1.73. The van der Waals surface area contributed by atoms with Crippen LogP contribution in [-0.4, -0.2) is 37.0 Å². The van der Waals surface area contributed by atoms with Crippen molar-refractivity contribution in [3.63, 3.8) is 0 Å². The van der Waals surface area contributed by atoms with Gasteiger partial charge in [-0.2, -0.15) is 0 Å². The minimum absolute atomic E-state index is 0.0979. The lowest BCUT2D eigenvalue weighted by molar-refractivity contribution is 0.00129. The minimum Gasteiger partial charge on any atom is -0.396 e. The Morgan fingerprint density at radius 1 is 1.11 bits per heavy atom. The van der Waals surface area contributed by atoms with E-state index in [2.05, 4.69) is 37.8 Å². The van der Waals surface area contributed by atoms with Crippen LogP contribution in [0, 0.1) is 0 Å². The molecule has 0 aliphatic carbocycles. The number of aliphatic hydroxyl groups excluding tert-OH is 1. The lowest BCUT2D eigenvalue weighted by Gasteiger charge is -2.27. The van der Waals surface area contributed by atoms with Crippen molar-refractivity contribution in [2.45, 2.75) is 32.8 Å². The van der Waals surface area contributed by atoms with E-state index in [1.54, 1.807) is 0 Å². The number of benzene rings is 1. The molecular formula is C15H25NO2. The lowest BCUT2D eigenvalue weighted by atomic mass is 10.2. The normalized spacial score (nSPS) is 11.6. The first kappa shape index (κ1) is 15.0. The molecule has 0 saturated heterocycles. The molecule has 0 fully saturated rings. The van der Waals surface area contributed by atoms with Crippen LogP contribution in [0.25, 0.3) is 0 Å². The Labute approximate surface area is 110 Å². The summed E-state index contributed by atoms with van der Waals surface area (Å²) in [6.45, 7) is 8.82. The molecule has 0 unspecified atom stereocenters. The number of hydrogen-bond acceptors (Lipinski definition) is 3. The smallest absolute Gasteiger partial charge is 0.0648 e. The summed E-state index contributed by atoms with van der Waals surface area (Å²) in [5.74, 6) is 0. The molecule has 1 aromatic rings. The molecule has 0 spiro atoms. The Kier molecular flexibility index (Phi) is 6.16. The van der Waals surface area contributed by atoms with Crippen molar-refractivity contribution in [1.82, 2.24) is 0 Å². The molecule has 102 valence electrons. The van der Waals surface area contributed by atoms with Gasteiger partial charge in [0.25, 0.3) is 0 Å². The van der Waals surface area contributed by atoms with E-state index in [-0.39, 0.29) is 12.2 Å². The summed E-state index contributed by atoms with van der Waals surface area (Å²) in [6.07, 6.45) is 0.782. The predicted octanol–water partition coefficient (Wildman–Crippen LogP) is 2.69. The lowest BCUT2D eigenvalue weighted by Crippen LogP contribution is -2.32. The Morgan fingerprint density at radius 3 is 2.33 bits per heavy atom. The highest BCUT2D eigenvalue weighted by atomic mass is 16.5. The molecular weight excluding hydrogens is 226 g/mol. The molecule has 0 bridgehead atoms. The van der Waals surface area contributed by atoms with Gasteiger partial charge in [-0.15, -0.1) is 0 Å². The third kappa shape index (κ3) is 6.03. The maximum Gasteiger partial charge on any atom is 0.0648 e. The maximum absolute atomic E-state index is 8.96. The quantitative estimate of drug-likeness (QED) is 0.808. The first-order chi connectivity index (χ1) is 8.53. The van der Waals surface area contributed by atoms with E-state index in [1.165, 1.54) is 5.69 Å². The van der Waals surface area contributed by atoms with Crippen LogP contribution < -0.4 is 4.90 Å². The largest absolute Gasteiger partial charge is 0.396 e. The summed E-state index contributed by atoms with van der Waals surface area (Å²) in [4.78, 5) is 2.25. The second-order valence-electron chi connectivity index (χ2n) is 5.36. The molecule has 18 heavy (non-hydrogen) atoms. The van der Waals surface area contributed by atoms with Gasteiger partial charge < -0.3 is 14.7 Å². The molecule has 1 rings (SSSR count). The van der Waals surface area contributed by atoms with E-state index in [4.69, 9.17) is 9.84 Å². The molecule has 0 amide bonds. The molecule has 3 heteroatoms. The summed E-state index contributed by atoms with van der Waals surface area (Å²) >= 11 is 0. The van der Waals surface area contributed by atoms with Crippen LogP contribution in [0.5, 0.6) is 0 Å². The maximum atomic E-state index is 8.96. The van der Waals surface area contributed by atoms with E-state index in [0.717, 1.165) is 19.5 Å². The summed E-state index contributed by atoms with van der Waals surface area (Å²) < 4.78 is 5.76. The van der Waals surface area contributed by atoms with Crippen LogP contribution in [-0.2, 0) is 4.74 Å². The van der Waals surface area contributed by atoms with E-state index >= 15 is 0 Å². The zero-order valence-electron chi connectivity index (χ0n) is 11.7. The van der Waals surface area contributed by atoms with Gasteiger partial charge in [-0.1, -0.05) is 18.2 Å². The van der Waals surface area contributed by atoms with E-state index in [9.17, 15) is 0 Å². The zero-order valence-corrected chi connectivity index (χ0v) is 11.7. The van der Waals surface area contributed by atoms with Gasteiger partial charge in [0.15, 0.2) is 0 Å². The molecule has 0 aromatic heterocycles. The van der Waals surface area contributed by atoms with Crippen LogP contribution in [0.15, 0.2) is 30.3 Å². The van der Waals surface area contributed by atoms with Crippen LogP contribution >= 0.6 is 0 Å². The van der Waals surface area contributed by atoms with Crippen molar-refractivity contribution in [2.75, 3.05) is 31.2 Å². The van der Waals surface area contributed by atoms with Crippen molar-refractivity contribution in [1.29, 1.82) is 0 Å². The molecule has 0 radical (unpaired) electrons. The third-order valence-corrected chi connectivity index (χ3v) is 2.60. The number of ether oxygens (including phenoxy) is 1. The third-order valence-electron chi connectivity index (χ3n) is 2.60. The molecule has 3 nitrogen and oxygen atoms in total. The standard InChI is InChI=1S/C15H25NO2/c1-15(2,3)18-13-11-16(10-7-12-17)14-8-5-4-6-9-14/h4-6,8-9,17H,7,10-13H2,1-3H3. The first-order valence-electron chi connectivity index (χ1n) is 6.58. The van der Waals surface area contributed by atoms with Crippen molar-refractivity contribution < 1.29 is 9.84 Å². The van der Waals surface area contributed by atoms with E-state index in [0.29, 0.717) is 6.61 Å². The average molecular weight is 251 g/mol. The Balaban J connectivity index is 2.51. The van der Waals surface area contributed by atoms with Crippen LogP contribution in [0.3, 0.4) is 0 Å². The van der Waals surface area contributed by atoms with Crippen LogP contribution in [0.4, 0.5) is 5.69 Å². The molecule has 0 aliphatic heterocycles. The summed E-state index contributed by atoms with van der Waals surface area (Å²) in [6, 6.07) is 10.3. The first-order valence-corrected chi connectivity index (χ1v) is 6.58. The van der Waals surface area contributed by atoms with Gasteiger partial charge in [-0.05, 0) is 39.3 Å². The Bertz CT molecular complexity index is 319. The van der Waals surface area contributed by atoms with Gasteiger partial charge in [-0.25, -0.2) is 0 Å². The van der Waals surface area contributed by atoms with Gasteiger partial charge in [0.1, 0.15) is 0 Å². The zero-order chi connectivity index (χ0) is 13.4. The van der Waals surface area contributed by atoms with Crippen molar-refractivity contribution in [2.24, 2.45) is 0 Å². The Morgan fingerprint density at radius 2 is 1.78 bits per heavy atom. The fraction of sp³-hybridized carbons (Fsp3) is 0.600. The number of aliphatic hydroxyl groups is 1. The van der Waals surface area contributed by atoms with Crippen molar-refractivity contribution in [3.05, 3.63) is 30.3 Å². The number of hydrogen-bond donors (Lipinski definition) is 1. The number of rotatable bonds is 7. The average Bonchev–Trinajstić information content (AvgIpc) is 2.33. The van der Waals surface area contributed by atoms with E-state index < -0.39 is 0 Å². The monoisotopic (exact) mass is 251 g/mol. The van der Waals surface area contributed by atoms with Crippen LogP contribution in [0.2, 0.25) is 0 Å². The molecule has 0 aliphatic rings. The molecule has 0 saturated carbocycles. The summed E-state index contributed by atoms with van der Waals surface area (Å²) in [5, 5.41) is 8.96. The van der Waals surface area contributed by atoms with Gasteiger partial charge in [-0.3, -0.25) is 0 Å². The molecule has 1 N–H and O–H groups in total. The number of nitrogens with zero attached hydrogens (tertiary/aromatic N) is 1. The van der Waals surface area contributed by atoms with Gasteiger partial charge in [0.05, 0.1) is 12.2 Å². The second kappa shape index (κ2) is 7.39. The van der Waals surface area contributed by atoms with Crippen molar-refractivity contribution >= 4 is 5.69 Å². The predicted molar refractivity (Wildman–Crippen MR) is 76.1 cm³/mol. The van der Waals surface area contributed by atoms with E-state index in [1.807, 2.05) is 18.2 Å². The summed E-state index contributed by atoms with van der Waals surface area (Å²) in [5.41, 5.74) is 1.09. The highest BCUT2D eigenvalue weighted by Gasteiger charge is 2.11. The summed E-state index contributed by atoms with van der Waals surface area (Å²) in [7, 11) is 0. The number of para-hydroxylation sites is 1. The molecule has 1 aromatic carbocycles. The Hall–Kier alpha value is -1.06. The minimum atomic E-state index is -0.0979. The number of anilines is 1. The molecule has 0 heterocycles. The van der Waals surface area contributed by atoms with Gasteiger partial charge in [0.2, 0.25) is 0 Å². The highest BCUT2D eigenvalue weighted by Crippen LogP contribution is 2.14. The SMILES string of the molecule is CC(C)(C)OCCN(CCCO)c1ccccc1. The van der Waals surface area contributed by atoms with Gasteiger partial charge >= 0.3 is 0 Å². The second-order valence-corrected chi connectivity index (χ2v) is 5.36. The topological polar surface area (TPSA) is 32.7 Å². The van der Waals surface area contributed by atoms with Crippen LogP contribution in [0.1, 0.15) is 27.2 Å².